The fraction of sp³-hybridized carbons (Fsp3) is 0. The molecule has 7 heteroatoms. The van der Waals surface area contributed by atoms with Crippen LogP contribution in [0.5, 0.6) is 0 Å². The third kappa shape index (κ3) is 2.45. The van der Waals surface area contributed by atoms with E-state index in [4.69, 9.17) is 4.55 Å². The van der Waals surface area contributed by atoms with Crippen LogP contribution in [0.3, 0.4) is 0 Å². The van der Waals surface area contributed by atoms with Crippen molar-refractivity contribution in [1.82, 2.24) is 0 Å². The molecule has 1 aliphatic rings. The van der Waals surface area contributed by atoms with Gasteiger partial charge in [0.15, 0.2) is 0 Å². The van der Waals surface area contributed by atoms with E-state index in [9.17, 15) is 23.1 Å². The SMILES string of the molecule is O=C1C(=O)c2ccccc2C(O)=C1c1ccc(S(=O)(=O)O)cc1. The minimum Gasteiger partial charge on any atom is -0.506 e. The topological polar surface area (TPSA) is 109 Å². The zero-order valence-corrected chi connectivity index (χ0v) is 12.4. The number of allylic oxidation sites excluding steroid dienone is 1. The van der Waals surface area contributed by atoms with Crippen molar-refractivity contribution in [3.05, 3.63) is 65.2 Å². The van der Waals surface area contributed by atoms with Crippen molar-refractivity contribution in [3.8, 4) is 0 Å². The first-order valence-electron chi connectivity index (χ1n) is 6.50. The Hall–Kier alpha value is -2.77. The first kappa shape index (κ1) is 15.1. The Morgan fingerprint density at radius 3 is 1.91 bits per heavy atom. The number of hydrogen-bond donors (Lipinski definition) is 2. The molecular formula is C16H10O6S. The summed E-state index contributed by atoms with van der Waals surface area (Å²) in [6.07, 6.45) is 0. The highest BCUT2D eigenvalue weighted by Gasteiger charge is 2.33. The molecule has 0 heterocycles. The van der Waals surface area contributed by atoms with Crippen LogP contribution >= 0.6 is 0 Å². The summed E-state index contributed by atoms with van der Waals surface area (Å²) in [5.41, 5.74) is 0.345. The number of aliphatic hydroxyl groups excluding tert-OH is 1. The molecule has 116 valence electrons. The van der Waals surface area contributed by atoms with Gasteiger partial charge in [-0.2, -0.15) is 8.42 Å². The molecule has 2 aromatic rings. The molecule has 0 unspecified atom stereocenters. The Balaban J connectivity index is 2.19. The molecule has 0 spiro atoms. The van der Waals surface area contributed by atoms with Crippen LogP contribution in [-0.2, 0) is 14.9 Å². The van der Waals surface area contributed by atoms with Crippen molar-refractivity contribution in [2.75, 3.05) is 0 Å². The molecule has 0 fully saturated rings. The largest absolute Gasteiger partial charge is 0.506 e. The number of benzene rings is 2. The van der Waals surface area contributed by atoms with Crippen LogP contribution in [0.4, 0.5) is 0 Å². The number of fused-ring (bicyclic) bond motifs is 1. The number of carbonyl (C=O) groups is 2. The summed E-state index contributed by atoms with van der Waals surface area (Å²) in [5, 5.41) is 10.3. The molecule has 2 N–H and O–H groups in total. The molecule has 0 saturated heterocycles. The first-order valence-corrected chi connectivity index (χ1v) is 7.94. The number of carbonyl (C=O) groups excluding carboxylic acids is 2. The summed E-state index contributed by atoms with van der Waals surface area (Å²) in [7, 11) is -4.37. The molecule has 0 amide bonds. The van der Waals surface area contributed by atoms with Crippen LogP contribution in [0.2, 0.25) is 0 Å². The van der Waals surface area contributed by atoms with E-state index in [1.54, 1.807) is 12.1 Å². The Labute approximate surface area is 131 Å². The zero-order chi connectivity index (χ0) is 16.8. The third-order valence-corrected chi connectivity index (χ3v) is 4.41. The smallest absolute Gasteiger partial charge is 0.294 e. The van der Waals surface area contributed by atoms with Gasteiger partial charge in [-0.25, -0.2) is 0 Å². The van der Waals surface area contributed by atoms with Gasteiger partial charge in [0.1, 0.15) is 5.76 Å². The van der Waals surface area contributed by atoms with E-state index in [2.05, 4.69) is 0 Å². The zero-order valence-electron chi connectivity index (χ0n) is 11.6. The number of hydrogen-bond acceptors (Lipinski definition) is 5. The molecule has 6 nitrogen and oxygen atoms in total. The fourth-order valence-corrected chi connectivity index (χ4v) is 2.91. The number of aliphatic hydroxyl groups is 1. The molecule has 0 saturated carbocycles. The van der Waals surface area contributed by atoms with Gasteiger partial charge < -0.3 is 5.11 Å². The summed E-state index contributed by atoms with van der Waals surface area (Å²) in [6, 6.07) is 10.8. The summed E-state index contributed by atoms with van der Waals surface area (Å²) >= 11 is 0. The number of ketones is 2. The number of rotatable bonds is 2. The predicted octanol–water partition coefficient (Wildman–Crippen LogP) is 2.12. The maximum Gasteiger partial charge on any atom is 0.294 e. The molecular weight excluding hydrogens is 320 g/mol. The fourth-order valence-electron chi connectivity index (χ4n) is 2.43. The van der Waals surface area contributed by atoms with Gasteiger partial charge in [0.25, 0.3) is 10.1 Å². The van der Waals surface area contributed by atoms with E-state index in [-0.39, 0.29) is 32.9 Å². The third-order valence-electron chi connectivity index (χ3n) is 3.54. The molecule has 1 aliphatic carbocycles. The Morgan fingerprint density at radius 1 is 0.783 bits per heavy atom. The van der Waals surface area contributed by atoms with Gasteiger partial charge in [0, 0.05) is 11.1 Å². The van der Waals surface area contributed by atoms with Gasteiger partial charge in [0.05, 0.1) is 10.5 Å². The molecule has 3 rings (SSSR count). The molecule has 0 aromatic heterocycles. The summed E-state index contributed by atoms with van der Waals surface area (Å²) in [5.74, 6) is -1.96. The van der Waals surface area contributed by atoms with Gasteiger partial charge >= 0.3 is 0 Å². The maximum atomic E-state index is 12.2. The van der Waals surface area contributed by atoms with Crippen molar-refractivity contribution in [2.24, 2.45) is 0 Å². The number of Topliss-reactive ketones (excluding diaryl/α,β-unsaturated/α-hetero) is 2. The predicted molar refractivity (Wildman–Crippen MR) is 81.5 cm³/mol. The highest BCUT2D eigenvalue weighted by Crippen LogP contribution is 2.33. The molecule has 0 atom stereocenters. The first-order chi connectivity index (χ1) is 10.8. The van der Waals surface area contributed by atoms with E-state index in [1.807, 2.05) is 0 Å². The molecule has 0 radical (unpaired) electrons. The lowest BCUT2D eigenvalue weighted by Crippen LogP contribution is -2.23. The summed E-state index contributed by atoms with van der Waals surface area (Å²) in [6.45, 7) is 0. The molecule has 23 heavy (non-hydrogen) atoms. The van der Waals surface area contributed by atoms with Crippen LogP contribution in [-0.4, -0.2) is 29.6 Å². The van der Waals surface area contributed by atoms with Crippen LogP contribution in [0.25, 0.3) is 11.3 Å². The van der Waals surface area contributed by atoms with Crippen LogP contribution in [0.15, 0.2) is 53.4 Å². The lowest BCUT2D eigenvalue weighted by atomic mass is 9.85. The highest BCUT2D eigenvalue weighted by molar-refractivity contribution is 7.85. The highest BCUT2D eigenvalue weighted by atomic mass is 32.2. The summed E-state index contributed by atoms with van der Waals surface area (Å²) in [4.78, 5) is 24.0. The van der Waals surface area contributed by atoms with E-state index in [0.29, 0.717) is 0 Å². The van der Waals surface area contributed by atoms with Gasteiger partial charge in [0.2, 0.25) is 11.6 Å². The van der Waals surface area contributed by atoms with Crippen molar-refractivity contribution < 1.29 is 27.7 Å². The molecule has 0 aliphatic heterocycles. The average molecular weight is 330 g/mol. The van der Waals surface area contributed by atoms with Gasteiger partial charge in [-0.1, -0.05) is 36.4 Å². The van der Waals surface area contributed by atoms with E-state index in [0.717, 1.165) is 12.1 Å². The van der Waals surface area contributed by atoms with Crippen LogP contribution < -0.4 is 0 Å². The second-order valence-corrected chi connectivity index (χ2v) is 6.35. The minimum absolute atomic E-state index is 0.119. The standard InChI is InChI=1S/C16H10O6S/c17-14-11-3-1-2-4-12(11)15(18)16(19)13(14)9-5-7-10(8-6-9)23(20,21)22/h1-8,17H,(H,20,21,22). The van der Waals surface area contributed by atoms with Crippen molar-refractivity contribution >= 4 is 33.0 Å². The lowest BCUT2D eigenvalue weighted by Gasteiger charge is -2.17. The Bertz CT molecular complexity index is 968. The average Bonchev–Trinajstić information content (AvgIpc) is 2.53. The minimum atomic E-state index is -4.37. The van der Waals surface area contributed by atoms with Gasteiger partial charge in [-0.05, 0) is 17.7 Å². The van der Waals surface area contributed by atoms with Gasteiger partial charge in [-0.15, -0.1) is 0 Å². The van der Waals surface area contributed by atoms with Crippen LogP contribution in [0, 0.1) is 0 Å². The summed E-state index contributed by atoms with van der Waals surface area (Å²) < 4.78 is 31.0. The second kappa shape index (κ2) is 5.15. The van der Waals surface area contributed by atoms with Crippen molar-refractivity contribution in [3.63, 3.8) is 0 Å². The lowest BCUT2D eigenvalue weighted by molar-refractivity contribution is -0.110. The van der Waals surface area contributed by atoms with E-state index >= 15 is 0 Å². The quantitative estimate of drug-likeness (QED) is 0.645. The molecule has 0 bridgehead atoms. The maximum absolute atomic E-state index is 12.2. The normalized spacial score (nSPS) is 14.8. The molecule has 2 aromatic carbocycles. The van der Waals surface area contributed by atoms with E-state index in [1.165, 1.54) is 24.3 Å². The van der Waals surface area contributed by atoms with E-state index < -0.39 is 21.7 Å². The van der Waals surface area contributed by atoms with Crippen LogP contribution in [0.1, 0.15) is 21.5 Å². The van der Waals surface area contributed by atoms with Gasteiger partial charge in [-0.3, -0.25) is 14.1 Å². The second-order valence-electron chi connectivity index (χ2n) is 4.93. The Morgan fingerprint density at radius 2 is 1.35 bits per heavy atom. The monoisotopic (exact) mass is 330 g/mol. The van der Waals surface area contributed by atoms with Crippen molar-refractivity contribution in [1.29, 1.82) is 0 Å². The Kier molecular flexibility index (Phi) is 3.39. The van der Waals surface area contributed by atoms with Crippen molar-refractivity contribution in [2.45, 2.75) is 4.90 Å².